The van der Waals surface area contributed by atoms with Crippen LogP contribution in [0.15, 0.2) is 18.4 Å². The zero-order chi connectivity index (χ0) is 11.7. The molecule has 0 N–H and O–H groups in total. The van der Waals surface area contributed by atoms with Gasteiger partial charge in [-0.25, -0.2) is 0 Å². The van der Waals surface area contributed by atoms with E-state index >= 15 is 0 Å². The van der Waals surface area contributed by atoms with Crippen molar-refractivity contribution in [1.29, 1.82) is 0 Å². The second-order valence-electron chi connectivity index (χ2n) is 2.41. The van der Waals surface area contributed by atoms with Crippen LogP contribution in [0, 0.1) is 0 Å². The molecule has 0 saturated heterocycles. The molecule has 0 saturated carbocycles. The molecule has 0 aliphatic carbocycles. The van der Waals surface area contributed by atoms with Gasteiger partial charge < -0.3 is 0 Å². The lowest BCUT2D eigenvalue weighted by Crippen LogP contribution is -2.11. The first-order valence-corrected chi connectivity index (χ1v) is 12.5. The summed E-state index contributed by atoms with van der Waals surface area (Å²) < 4.78 is 5.67. The highest BCUT2D eigenvalue weighted by atomic mass is 33.9. The Morgan fingerprint density at radius 1 is 1.67 bits per heavy atom. The summed E-state index contributed by atoms with van der Waals surface area (Å²) in [7, 11) is 4.15. The molecule has 0 unspecified atom stereocenters. The first-order chi connectivity index (χ1) is 7.05. The van der Waals surface area contributed by atoms with E-state index in [9.17, 15) is 0 Å². The molecule has 0 amide bonds. The fourth-order valence-corrected chi connectivity index (χ4v) is 12.0. The fourth-order valence-electron chi connectivity index (χ4n) is 0.789. The van der Waals surface area contributed by atoms with Gasteiger partial charge in [-0.3, -0.25) is 4.18 Å². The largest absolute Gasteiger partial charge is 0.293 e. The summed E-state index contributed by atoms with van der Waals surface area (Å²) in [6.07, 6.45) is 3.63. The number of hydrogen-bond acceptors (Lipinski definition) is 7. The minimum absolute atomic E-state index is 0.0597. The van der Waals surface area contributed by atoms with Crippen molar-refractivity contribution in [2.45, 2.75) is 25.9 Å². The van der Waals surface area contributed by atoms with Gasteiger partial charge in [-0.2, -0.15) is 0 Å². The van der Waals surface area contributed by atoms with E-state index in [1.807, 2.05) is 0 Å². The van der Waals surface area contributed by atoms with Crippen molar-refractivity contribution in [3.8, 4) is 0 Å². The van der Waals surface area contributed by atoms with Crippen LogP contribution in [-0.4, -0.2) is 6.10 Å². The van der Waals surface area contributed by atoms with Gasteiger partial charge in [-0.1, -0.05) is 31.6 Å². The zero-order valence-corrected chi connectivity index (χ0v) is 13.9. The summed E-state index contributed by atoms with van der Waals surface area (Å²) in [4.78, 5) is 0. The van der Waals surface area contributed by atoms with Crippen LogP contribution in [0.1, 0.15) is 19.8 Å². The molecule has 0 aliphatic rings. The van der Waals surface area contributed by atoms with Gasteiger partial charge in [0.25, 0.3) is 0 Å². The van der Waals surface area contributed by atoms with Gasteiger partial charge in [0.15, 0.2) is 0 Å². The van der Waals surface area contributed by atoms with Crippen molar-refractivity contribution in [1.82, 2.24) is 0 Å². The van der Waals surface area contributed by atoms with Crippen molar-refractivity contribution >= 4 is 70.0 Å². The molecule has 0 heterocycles. The zero-order valence-electron chi connectivity index (χ0n) is 8.08. The van der Waals surface area contributed by atoms with Gasteiger partial charge in [-0.05, 0) is 44.7 Å². The minimum atomic E-state index is -1.91. The van der Waals surface area contributed by atoms with Gasteiger partial charge in [0.2, 0.25) is 0 Å². The maximum absolute atomic E-state index is 5.67. The topological polar surface area (TPSA) is 9.23 Å². The predicted molar refractivity (Wildman–Crippen MR) is 87.3 cm³/mol. The molecule has 8 heteroatoms. The summed E-state index contributed by atoms with van der Waals surface area (Å²) in [5.74, 6) is 0. The third kappa shape index (κ3) is 9.38. The molecule has 1 nitrogen and oxygen atoms in total. The average molecular weight is 337 g/mol. The molecule has 0 bridgehead atoms. The minimum Gasteiger partial charge on any atom is -0.293 e. The Labute approximate surface area is 117 Å². The molecule has 0 aliphatic heterocycles. The monoisotopic (exact) mass is 336 g/mol. The molecule has 0 fully saturated rings. The maximum Gasteiger partial charge on any atom is 0.0990 e. The molecule has 0 aromatic carbocycles. The van der Waals surface area contributed by atoms with Gasteiger partial charge in [0.05, 0.1) is 12.6 Å². The maximum atomic E-state index is 5.67. The Kier molecular flexibility index (Phi) is 10.8. The SMILES string of the molecule is C=C=C[C@@H](CCC)OS(=S)(=S)SSSS. The molecular weight excluding hydrogens is 325 g/mol. The van der Waals surface area contributed by atoms with Gasteiger partial charge in [0.1, 0.15) is 0 Å². The first kappa shape index (κ1) is 16.7. The Morgan fingerprint density at radius 2 is 2.33 bits per heavy atom. The van der Waals surface area contributed by atoms with E-state index in [0.717, 1.165) is 12.8 Å². The van der Waals surface area contributed by atoms with Gasteiger partial charge in [-0.15, -0.1) is 5.73 Å². The van der Waals surface area contributed by atoms with E-state index in [4.69, 9.17) is 26.6 Å². The Hall–Kier alpha value is 1.67. The van der Waals surface area contributed by atoms with Crippen LogP contribution in [0.25, 0.3) is 0 Å². The highest BCUT2D eigenvalue weighted by molar-refractivity contribution is 9.37. The van der Waals surface area contributed by atoms with E-state index in [2.05, 4.69) is 30.9 Å². The molecule has 0 aromatic heterocycles. The molecule has 0 radical (unpaired) electrons. The smallest absolute Gasteiger partial charge is 0.0990 e. The van der Waals surface area contributed by atoms with E-state index in [0.29, 0.717) is 0 Å². The fraction of sp³-hybridized carbons (Fsp3) is 0.571. The highest BCUT2D eigenvalue weighted by Crippen LogP contribution is 2.42. The van der Waals surface area contributed by atoms with E-state index in [1.54, 1.807) is 6.08 Å². The third-order valence-electron chi connectivity index (χ3n) is 1.26. The molecule has 15 heavy (non-hydrogen) atoms. The lowest BCUT2D eigenvalue weighted by molar-refractivity contribution is 0.282. The Morgan fingerprint density at radius 3 is 2.80 bits per heavy atom. The van der Waals surface area contributed by atoms with Crippen molar-refractivity contribution in [3.05, 3.63) is 18.4 Å². The standard InChI is InChI=1S/C7H12OS7/c1-3-5-7(6-4-2)8-15(10,11)14-13-12-9/h5,7,9H,1,4,6H2,2H3/t7-/m0/s1. The molecule has 0 spiro atoms. The normalized spacial score (nSPS) is 13.2. The van der Waals surface area contributed by atoms with Crippen LogP contribution in [0.3, 0.4) is 0 Å². The predicted octanol–water partition coefficient (Wildman–Crippen LogP) is 4.30. The molecule has 88 valence electrons. The lowest BCUT2D eigenvalue weighted by Gasteiger charge is -2.15. The van der Waals surface area contributed by atoms with Crippen molar-refractivity contribution in [3.63, 3.8) is 0 Å². The highest BCUT2D eigenvalue weighted by Gasteiger charge is 2.11. The summed E-state index contributed by atoms with van der Waals surface area (Å²) in [5.41, 5.74) is 2.72. The van der Waals surface area contributed by atoms with Gasteiger partial charge >= 0.3 is 0 Å². The summed E-state index contributed by atoms with van der Waals surface area (Å²) in [6, 6.07) is 0. The first-order valence-electron chi connectivity index (χ1n) is 4.01. The van der Waals surface area contributed by atoms with E-state index in [1.165, 1.54) is 29.5 Å². The van der Waals surface area contributed by atoms with Gasteiger partial charge in [0, 0.05) is 19.7 Å². The summed E-state index contributed by atoms with van der Waals surface area (Å²) >= 11 is 14.4. The van der Waals surface area contributed by atoms with Crippen LogP contribution in [-0.2, 0) is 33.0 Å². The molecule has 0 aromatic rings. The van der Waals surface area contributed by atoms with Crippen LogP contribution in [0.4, 0.5) is 0 Å². The lowest BCUT2D eigenvalue weighted by atomic mass is 10.2. The summed E-state index contributed by atoms with van der Waals surface area (Å²) in [5, 5.41) is 0. The second-order valence-corrected chi connectivity index (χ2v) is 15.0. The van der Waals surface area contributed by atoms with Crippen LogP contribution in [0.5, 0.6) is 0 Å². The number of thiol groups is 1. The van der Waals surface area contributed by atoms with Crippen molar-refractivity contribution in [2.75, 3.05) is 0 Å². The second kappa shape index (κ2) is 9.67. The van der Waals surface area contributed by atoms with Crippen LogP contribution < -0.4 is 0 Å². The van der Waals surface area contributed by atoms with Crippen LogP contribution >= 0.6 is 41.1 Å². The number of rotatable bonds is 8. The Balaban J connectivity index is 4.31. The van der Waals surface area contributed by atoms with Crippen molar-refractivity contribution in [2.24, 2.45) is 0 Å². The molecule has 1 atom stereocenters. The van der Waals surface area contributed by atoms with Crippen molar-refractivity contribution < 1.29 is 4.18 Å². The van der Waals surface area contributed by atoms with Crippen LogP contribution in [0.2, 0.25) is 0 Å². The quantitative estimate of drug-likeness (QED) is 0.399. The molecule has 0 rings (SSSR count). The Bertz CT molecular complexity index is 303. The third-order valence-corrected chi connectivity index (χ3v) is 12.3. The van der Waals surface area contributed by atoms with E-state index < -0.39 is 6.46 Å². The summed E-state index contributed by atoms with van der Waals surface area (Å²) in [6.45, 7) is 3.70. The van der Waals surface area contributed by atoms with E-state index in [-0.39, 0.29) is 6.10 Å². The number of hydrogen-bond donors (Lipinski definition) is 1. The molecular formula is C7H12OS7. The average Bonchev–Trinajstić information content (AvgIpc) is 2.15.